The molecule has 1 fully saturated rings. The lowest BCUT2D eigenvalue weighted by molar-refractivity contribution is 0.0763. The van der Waals surface area contributed by atoms with E-state index < -0.39 is 10.0 Å². The van der Waals surface area contributed by atoms with Crippen LogP contribution >= 0.6 is 0 Å². The molecule has 26 heavy (non-hydrogen) atoms. The van der Waals surface area contributed by atoms with Gasteiger partial charge in [-0.05, 0) is 37.6 Å². The van der Waals surface area contributed by atoms with E-state index in [4.69, 9.17) is 0 Å². The van der Waals surface area contributed by atoms with Crippen molar-refractivity contribution < 1.29 is 17.6 Å². The molecule has 1 aromatic carbocycles. The summed E-state index contributed by atoms with van der Waals surface area (Å²) in [5, 5.41) is 4.25. The summed E-state index contributed by atoms with van der Waals surface area (Å²) >= 11 is 0. The Labute approximate surface area is 152 Å². The van der Waals surface area contributed by atoms with Crippen LogP contribution in [-0.2, 0) is 10.0 Å². The van der Waals surface area contributed by atoms with Crippen LogP contribution in [0, 0.1) is 12.7 Å². The largest absolute Gasteiger partial charge is 0.337 e. The highest BCUT2D eigenvalue weighted by Gasteiger charge is 2.26. The van der Waals surface area contributed by atoms with E-state index in [1.165, 1.54) is 28.9 Å². The van der Waals surface area contributed by atoms with Gasteiger partial charge < -0.3 is 4.90 Å². The van der Waals surface area contributed by atoms with Gasteiger partial charge in [-0.3, -0.25) is 4.79 Å². The van der Waals surface area contributed by atoms with Gasteiger partial charge in [0.15, 0.2) is 0 Å². The molecular weight excluding hydrogens is 359 g/mol. The van der Waals surface area contributed by atoms with Crippen molar-refractivity contribution >= 4 is 15.9 Å². The van der Waals surface area contributed by atoms with Gasteiger partial charge in [-0.25, -0.2) is 21.8 Å². The van der Waals surface area contributed by atoms with Gasteiger partial charge in [0.05, 0.1) is 29.4 Å². The summed E-state index contributed by atoms with van der Waals surface area (Å²) in [5.74, 6) is -0.513. The van der Waals surface area contributed by atoms with Gasteiger partial charge in [0.25, 0.3) is 5.91 Å². The molecule has 0 N–H and O–H groups in total. The molecule has 1 aliphatic rings. The Morgan fingerprint density at radius 3 is 2.46 bits per heavy atom. The van der Waals surface area contributed by atoms with Crippen molar-refractivity contribution in [3.63, 3.8) is 0 Å². The van der Waals surface area contributed by atoms with Crippen molar-refractivity contribution in [2.45, 2.75) is 13.3 Å². The molecule has 140 valence electrons. The van der Waals surface area contributed by atoms with E-state index in [1.54, 1.807) is 28.6 Å². The molecule has 1 aliphatic heterocycles. The minimum Gasteiger partial charge on any atom is -0.337 e. The molecule has 0 atom stereocenters. The number of benzene rings is 1. The molecule has 9 heteroatoms. The maximum absolute atomic E-state index is 13.1. The van der Waals surface area contributed by atoms with E-state index in [0.29, 0.717) is 43.0 Å². The fourth-order valence-corrected chi connectivity index (χ4v) is 3.94. The summed E-state index contributed by atoms with van der Waals surface area (Å²) in [6, 6.07) is 5.87. The molecule has 3 rings (SSSR count). The summed E-state index contributed by atoms with van der Waals surface area (Å²) in [4.78, 5) is 14.5. The van der Waals surface area contributed by atoms with E-state index in [2.05, 4.69) is 5.10 Å². The Hall–Kier alpha value is -2.26. The Bertz CT molecular complexity index is 909. The standard InChI is InChI=1S/C17H21FN4O3S/c1-13-16(12-19-22(13)15-6-4-14(18)5-7-15)17(23)20-8-3-9-21(11-10-20)26(2,24)25/h4-7,12H,3,8-11H2,1-2H3. The summed E-state index contributed by atoms with van der Waals surface area (Å²) in [7, 11) is -3.26. The smallest absolute Gasteiger partial charge is 0.257 e. The zero-order chi connectivity index (χ0) is 18.9. The lowest BCUT2D eigenvalue weighted by Crippen LogP contribution is -2.37. The molecule has 1 amide bonds. The normalized spacial score (nSPS) is 16.5. The molecule has 0 unspecified atom stereocenters. The molecule has 0 radical (unpaired) electrons. The highest BCUT2D eigenvalue weighted by atomic mass is 32.2. The van der Waals surface area contributed by atoms with Gasteiger partial charge in [0, 0.05) is 26.2 Å². The Kier molecular flexibility index (Phi) is 5.10. The fraction of sp³-hybridized carbons (Fsp3) is 0.412. The Morgan fingerprint density at radius 2 is 1.81 bits per heavy atom. The van der Waals surface area contributed by atoms with Crippen molar-refractivity contribution in [2.75, 3.05) is 32.4 Å². The number of hydrogen-bond donors (Lipinski definition) is 0. The van der Waals surface area contributed by atoms with Gasteiger partial charge in [0.1, 0.15) is 5.82 Å². The quantitative estimate of drug-likeness (QED) is 0.807. The topological polar surface area (TPSA) is 75.5 Å². The SMILES string of the molecule is Cc1c(C(=O)N2CCCN(S(C)(=O)=O)CC2)cnn1-c1ccc(F)cc1. The molecule has 0 aliphatic carbocycles. The first-order chi connectivity index (χ1) is 12.3. The molecule has 1 saturated heterocycles. The van der Waals surface area contributed by atoms with Gasteiger partial charge in [-0.2, -0.15) is 5.10 Å². The van der Waals surface area contributed by atoms with E-state index >= 15 is 0 Å². The van der Waals surface area contributed by atoms with Crippen LogP contribution in [0.25, 0.3) is 5.69 Å². The van der Waals surface area contributed by atoms with Crippen LogP contribution in [-0.4, -0.2) is 65.7 Å². The van der Waals surface area contributed by atoms with Gasteiger partial charge in [-0.15, -0.1) is 0 Å². The zero-order valence-corrected chi connectivity index (χ0v) is 15.5. The molecule has 2 heterocycles. The lowest BCUT2D eigenvalue weighted by atomic mass is 10.2. The Balaban J connectivity index is 1.79. The van der Waals surface area contributed by atoms with Crippen LogP contribution < -0.4 is 0 Å². The van der Waals surface area contributed by atoms with Gasteiger partial charge in [-0.1, -0.05) is 0 Å². The molecule has 7 nitrogen and oxygen atoms in total. The maximum Gasteiger partial charge on any atom is 0.257 e. The fourth-order valence-electron chi connectivity index (χ4n) is 3.06. The van der Waals surface area contributed by atoms with Crippen molar-refractivity contribution in [1.82, 2.24) is 19.0 Å². The van der Waals surface area contributed by atoms with E-state index in [-0.39, 0.29) is 18.3 Å². The van der Waals surface area contributed by atoms with Gasteiger partial charge >= 0.3 is 0 Å². The second-order valence-electron chi connectivity index (χ2n) is 6.34. The highest BCUT2D eigenvalue weighted by Crippen LogP contribution is 2.18. The number of nitrogens with zero attached hydrogens (tertiary/aromatic N) is 4. The lowest BCUT2D eigenvalue weighted by Gasteiger charge is -2.21. The van der Waals surface area contributed by atoms with E-state index in [0.717, 1.165) is 0 Å². The number of carbonyl (C=O) groups is 1. The zero-order valence-electron chi connectivity index (χ0n) is 14.7. The van der Waals surface area contributed by atoms with Crippen LogP contribution in [0.4, 0.5) is 4.39 Å². The maximum atomic E-state index is 13.1. The highest BCUT2D eigenvalue weighted by molar-refractivity contribution is 7.88. The number of carbonyl (C=O) groups excluding carboxylic acids is 1. The summed E-state index contributed by atoms with van der Waals surface area (Å²) in [6.07, 6.45) is 3.27. The number of amides is 1. The monoisotopic (exact) mass is 380 g/mol. The predicted molar refractivity (Wildman–Crippen MR) is 95.2 cm³/mol. The van der Waals surface area contributed by atoms with Crippen molar-refractivity contribution in [3.05, 3.63) is 47.5 Å². The van der Waals surface area contributed by atoms with Crippen LogP contribution in [0.15, 0.2) is 30.5 Å². The summed E-state index contributed by atoms with van der Waals surface area (Å²) < 4.78 is 39.5. The number of hydrogen-bond acceptors (Lipinski definition) is 4. The van der Waals surface area contributed by atoms with E-state index in [1.807, 2.05) is 0 Å². The first-order valence-corrected chi connectivity index (χ1v) is 10.2. The van der Waals surface area contributed by atoms with Crippen LogP contribution in [0.1, 0.15) is 22.5 Å². The molecular formula is C17H21FN4O3S. The third-order valence-electron chi connectivity index (χ3n) is 4.52. The minimum absolute atomic E-state index is 0.175. The first kappa shape index (κ1) is 18.5. The summed E-state index contributed by atoms with van der Waals surface area (Å²) in [5.41, 5.74) is 1.79. The number of sulfonamides is 1. The first-order valence-electron chi connectivity index (χ1n) is 8.32. The molecule has 0 spiro atoms. The van der Waals surface area contributed by atoms with E-state index in [9.17, 15) is 17.6 Å². The number of halogens is 1. The molecule has 0 bridgehead atoms. The molecule has 0 saturated carbocycles. The average Bonchev–Trinajstić information content (AvgIpc) is 2.81. The van der Waals surface area contributed by atoms with Crippen molar-refractivity contribution in [1.29, 1.82) is 0 Å². The minimum atomic E-state index is -3.26. The number of rotatable bonds is 3. The molecule has 2 aromatic rings. The van der Waals surface area contributed by atoms with Crippen molar-refractivity contribution in [2.24, 2.45) is 0 Å². The second kappa shape index (κ2) is 7.16. The van der Waals surface area contributed by atoms with Crippen LogP contribution in [0.3, 0.4) is 0 Å². The third-order valence-corrected chi connectivity index (χ3v) is 5.83. The second-order valence-corrected chi connectivity index (χ2v) is 8.32. The molecule has 1 aromatic heterocycles. The Morgan fingerprint density at radius 1 is 1.12 bits per heavy atom. The van der Waals surface area contributed by atoms with Gasteiger partial charge in [0.2, 0.25) is 10.0 Å². The van der Waals surface area contributed by atoms with Crippen LogP contribution in [0.5, 0.6) is 0 Å². The predicted octanol–water partition coefficient (Wildman–Crippen LogP) is 1.43. The third kappa shape index (κ3) is 3.78. The summed E-state index contributed by atoms with van der Waals surface area (Å²) in [6.45, 7) is 3.31. The average molecular weight is 380 g/mol. The van der Waals surface area contributed by atoms with Crippen molar-refractivity contribution in [3.8, 4) is 5.69 Å². The number of aromatic nitrogens is 2. The van der Waals surface area contributed by atoms with Crippen LogP contribution in [0.2, 0.25) is 0 Å².